The maximum atomic E-state index is 5.94. The highest BCUT2D eigenvalue weighted by Crippen LogP contribution is 2.18. The smallest absolute Gasteiger partial charge is 0.193 e. The molecule has 2 aliphatic heterocycles. The van der Waals surface area contributed by atoms with Crippen molar-refractivity contribution < 1.29 is 4.74 Å². The minimum atomic E-state index is 0.595. The Bertz CT molecular complexity index is 562. The van der Waals surface area contributed by atoms with Crippen molar-refractivity contribution in [3.8, 4) is 0 Å². The number of ether oxygens (including phenoxy) is 1. The second-order valence-electron chi connectivity index (χ2n) is 7.80. The Morgan fingerprint density at radius 3 is 2.77 bits per heavy atom. The molecular weight excluding hydrogens is 324 g/mol. The van der Waals surface area contributed by atoms with Crippen LogP contribution >= 0.6 is 0 Å². The molecule has 0 radical (unpaired) electrons. The number of likely N-dealkylation sites (tertiary alicyclic amines) is 2. The molecule has 0 aromatic heterocycles. The zero-order chi connectivity index (χ0) is 18.2. The Morgan fingerprint density at radius 1 is 1.15 bits per heavy atom. The Morgan fingerprint density at radius 2 is 2.00 bits per heavy atom. The first-order valence-corrected chi connectivity index (χ1v) is 10.0. The monoisotopic (exact) mass is 358 g/mol. The summed E-state index contributed by atoms with van der Waals surface area (Å²) in [7, 11) is 4.12. The Balaban J connectivity index is 1.37. The summed E-state index contributed by atoms with van der Waals surface area (Å²) in [6, 6.07) is 10.4. The molecule has 26 heavy (non-hydrogen) atoms. The van der Waals surface area contributed by atoms with E-state index in [4.69, 9.17) is 4.74 Å². The molecule has 0 amide bonds. The highest BCUT2D eigenvalue weighted by atomic mass is 16.5. The standard InChI is InChI=1S/C21H34N4O/c1-22-21(23-13-19-9-6-11-24(2)14-19)25-12-10-20(15-25)17-26-16-18-7-4-3-5-8-18/h3-5,7-8,19-20H,6,9-17H2,1-2H3,(H,22,23). The summed E-state index contributed by atoms with van der Waals surface area (Å²) in [5, 5.41) is 3.61. The number of nitrogens with zero attached hydrogens (tertiary/aromatic N) is 3. The van der Waals surface area contributed by atoms with Gasteiger partial charge in [0.05, 0.1) is 13.2 Å². The van der Waals surface area contributed by atoms with Gasteiger partial charge in [-0.05, 0) is 44.3 Å². The lowest BCUT2D eigenvalue weighted by molar-refractivity contribution is 0.0906. The van der Waals surface area contributed by atoms with E-state index in [-0.39, 0.29) is 0 Å². The molecule has 2 unspecified atom stereocenters. The topological polar surface area (TPSA) is 40.1 Å². The molecule has 5 heteroatoms. The molecule has 0 spiro atoms. The van der Waals surface area contributed by atoms with E-state index in [1.807, 2.05) is 13.1 Å². The van der Waals surface area contributed by atoms with Gasteiger partial charge in [-0.3, -0.25) is 4.99 Å². The average Bonchev–Trinajstić information content (AvgIpc) is 3.12. The lowest BCUT2D eigenvalue weighted by atomic mass is 9.99. The summed E-state index contributed by atoms with van der Waals surface area (Å²) in [6.07, 6.45) is 3.82. The molecule has 0 aliphatic carbocycles. The van der Waals surface area contributed by atoms with E-state index >= 15 is 0 Å². The second kappa shape index (κ2) is 9.93. The Hall–Kier alpha value is -1.59. The molecule has 5 nitrogen and oxygen atoms in total. The van der Waals surface area contributed by atoms with Crippen LogP contribution in [0.2, 0.25) is 0 Å². The molecule has 2 aliphatic rings. The summed E-state index contributed by atoms with van der Waals surface area (Å²) < 4.78 is 5.94. The van der Waals surface area contributed by atoms with Crippen molar-refractivity contribution in [1.82, 2.24) is 15.1 Å². The molecule has 2 fully saturated rings. The van der Waals surface area contributed by atoms with Crippen LogP contribution in [0.1, 0.15) is 24.8 Å². The molecule has 1 aromatic carbocycles. The summed E-state index contributed by atoms with van der Waals surface area (Å²) in [6.45, 7) is 7.11. The van der Waals surface area contributed by atoms with Crippen molar-refractivity contribution in [3.05, 3.63) is 35.9 Å². The lowest BCUT2D eigenvalue weighted by Crippen LogP contribution is -2.45. The summed E-state index contributed by atoms with van der Waals surface area (Å²) >= 11 is 0. The fourth-order valence-corrected chi connectivity index (χ4v) is 4.09. The molecule has 3 rings (SSSR count). The van der Waals surface area contributed by atoms with Gasteiger partial charge < -0.3 is 19.9 Å². The highest BCUT2D eigenvalue weighted by molar-refractivity contribution is 5.80. The van der Waals surface area contributed by atoms with Gasteiger partial charge in [0.1, 0.15) is 0 Å². The predicted molar refractivity (Wildman–Crippen MR) is 107 cm³/mol. The molecule has 0 bridgehead atoms. The third-order valence-corrected chi connectivity index (χ3v) is 5.53. The van der Waals surface area contributed by atoms with Gasteiger partial charge in [-0.1, -0.05) is 30.3 Å². The molecule has 2 heterocycles. The number of benzene rings is 1. The van der Waals surface area contributed by atoms with Gasteiger partial charge in [0.25, 0.3) is 0 Å². The van der Waals surface area contributed by atoms with Crippen LogP contribution in [-0.2, 0) is 11.3 Å². The number of piperidine rings is 1. The molecular formula is C21H34N4O. The van der Waals surface area contributed by atoms with E-state index in [1.165, 1.54) is 37.9 Å². The van der Waals surface area contributed by atoms with Crippen molar-refractivity contribution >= 4 is 5.96 Å². The SMILES string of the molecule is CN=C(NCC1CCCN(C)C1)N1CCC(COCc2ccccc2)C1. The number of hydrogen-bond donors (Lipinski definition) is 1. The van der Waals surface area contributed by atoms with Crippen molar-refractivity contribution in [2.45, 2.75) is 25.9 Å². The Kier molecular flexibility index (Phi) is 7.32. The van der Waals surface area contributed by atoms with Crippen LogP contribution in [0.25, 0.3) is 0 Å². The maximum absolute atomic E-state index is 5.94. The third kappa shape index (κ3) is 5.71. The van der Waals surface area contributed by atoms with Crippen LogP contribution in [-0.4, -0.2) is 69.2 Å². The quantitative estimate of drug-likeness (QED) is 0.626. The first kappa shape index (κ1) is 19.2. The number of rotatable bonds is 6. The summed E-state index contributed by atoms with van der Waals surface area (Å²) in [4.78, 5) is 9.34. The van der Waals surface area contributed by atoms with Crippen LogP contribution in [0.5, 0.6) is 0 Å². The van der Waals surface area contributed by atoms with Crippen LogP contribution in [0.4, 0.5) is 0 Å². The van der Waals surface area contributed by atoms with Gasteiger partial charge in [0, 0.05) is 39.1 Å². The molecule has 1 aromatic rings. The van der Waals surface area contributed by atoms with E-state index in [1.54, 1.807) is 0 Å². The average molecular weight is 359 g/mol. The zero-order valence-corrected chi connectivity index (χ0v) is 16.4. The molecule has 2 saturated heterocycles. The fraction of sp³-hybridized carbons (Fsp3) is 0.667. The minimum absolute atomic E-state index is 0.595. The van der Waals surface area contributed by atoms with E-state index < -0.39 is 0 Å². The van der Waals surface area contributed by atoms with Crippen LogP contribution in [0.3, 0.4) is 0 Å². The van der Waals surface area contributed by atoms with Gasteiger partial charge in [-0.25, -0.2) is 0 Å². The van der Waals surface area contributed by atoms with Gasteiger partial charge in [-0.2, -0.15) is 0 Å². The largest absolute Gasteiger partial charge is 0.376 e. The van der Waals surface area contributed by atoms with E-state index in [9.17, 15) is 0 Å². The van der Waals surface area contributed by atoms with Gasteiger partial charge in [-0.15, -0.1) is 0 Å². The first-order chi connectivity index (χ1) is 12.7. The van der Waals surface area contributed by atoms with Crippen molar-refractivity contribution in [1.29, 1.82) is 0 Å². The van der Waals surface area contributed by atoms with Crippen molar-refractivity contribution in [2.24, 2.45) is 16.8 Å². The fourth-order valence-electron chi connectivity index (χ4n) is 4.09. The van der Waals surface area contributed by atoms with Crippen molar-refractivity contribution in [3.63, 3.8) is 0 Å². The van der Waals surface area contributed by atoms with E-state index in [2.05, 4.69) is 51.4 Å². The zero-order valence-electron chi connectivity index (χ0n) is 16.4. The van der Waals surface area contributed by atoms with Gasteiger partial charge in [0.15, 0.2) is 5.96 Å². The first-order valence-electron chi connectivity index (χ1n) is 10.0. The Labute approximate surface area is 158 Å². The van der Waals surface area contributed by atoms with Crippen LogP contribution < -0.4 is 5.32 Å². The van der Waals surface area contributed by atoms with Crippen LogP contribution in [0.15, 0.2) is 35.3 Å². The highest BCUT2D eigenvalue weighted by Gasteiger charge is 2.26. The number of guanidine groups is 1. The predicted octanol–water partition coefficient (Wildman–Crippen LogP) is 2.44. The molecule has 2 atom stereocenters. The van der Waals surface area contributed by atoms with E-state index in [0.717, 1.165) is 38.1 Å². The minimum Gasteiger partial charge on any atom is -0.376 e. The third-order valence-electron chi connectivity index (χ3n) is 5.53. The number of nitrogens with one attached hydrogen (secondary N) is 1. The summed E-state index contributed by atoms with van der Waals surface area (Å²) in [5.74, 6) is 2.39. The molecule has 1 N–H and O–H groups in total. The lowest BCUT2D eigenvalue weighted by Gasteiger charge is -2.31. The van der Waals surface area contributed by atoms with Crippen molar-refractivity contribution in [2.75, 3.05) is 53.4 Å². The van der Waals surface area contributed by atoms with E-state index in [0.29, 0.717) is 12.5 Å². The van der Waals surface area contributed by atoms with Crippen LogP contribution in [0, 0.1) is 11.8 Å². The summed E-state index contributed by atoms with van der Waals surface area (Å²) in [5.41, 5.74) is 1.25. The van der Waals surface area contributed by atoms with Gasteiger partial charge in [0.2, 0.25) is 0 Å². The maximum Gasteiger partial charge on any atom is 0.193 e. The molecule has 0 saturated carbocycles. The number of hydrogen-bond acceptors (Lipinski definition) is 3. The van der Waals surface area contributed by atoms with Gasteiger partial charge >= 0.3 is 0 Å². The normalized spacial score (nSPS) is 24.8. The molecule has 144 valence electrons. The second-order valence-corrected chi connectivity index (χ2v) is 7.80. The number of aliphatic imine (C=N–C) groups is 1.